The van der Waals surface area contributed by atoms with Crippen molar-refractivity contribution in [2.24, 2.45) is 13.0 Å². The molecular weight excluding hydrogens is 388 g/mol. The van der Waals surface area contributed by atoms with Gasteiger partial charge in [0.1, 0.15) is 11.3 Å². The van der Waals surface area contributed by atoms with E-state index in [4.69, 9.17) is 4.74 Å². The van der Waals surface area contributed by atoms with Crippen LogP contribution in [0.1, 0.15) is 38.7 Å². The van der Waals surface area contributed by atoms with Crippen LogP contribution in [0.3, 0.4) is 0 Å². The maximum atomic E-state index is 12.7. The van der Waals surface area contributed by atoms with Gasteiger partial charge >= 0.3 is 0 Å². The molecule has 0 spiro atoms. The lowest BCUT2D eigenvalue weighted by Gasteiger charge is -2.34. The van der Waals surface area contributed by atoms with Gasteiger partial charge in [-0.3, -0.25) is 4.79 Å². The van der Waals surface area contributed by atoms with Crippen molar-refractivity contribution in [2.75, 3.05) is 18.1 Å². The second kappa shape index (κ2) is 6.90. The molecule has 0 bridgehead atoms. The van der Waals surface area contributed by atoms with E-state index in [0.717, 1.165) is 35.4 Å². The fourth-order valence-corrected chi connectivity index (χ4v) is 4.45. The molecule has 1 aromatic heterocycles. The second-order valence-corrected chi connectivity index (χ2v) is 11.0. The molecule has 4 rings (SSSR count). The minimum Gasteiger partial charge on any atom is -0.483 e. The molecule has 1 aliphatic carbocycles. The molecule has 1 fully saturated rings. The Morgan fingerprint density at radius 1 is 1.24 bits per heavy atom. The van der Waals surface area contributed by atoms with Crippen molar-refractivity contribution in [3.05, 3.63) is 40.3 Å². The number of benzene rings is 1. The highest BCUT2D eigenvalue weighted by Crippen LogP contribution is 2.42. The van der Waals surface area contributed by atoms with Crippen molar-refractivity contribution in [2.45, 2.75) is 50.0 Å². The van der Waals surface area contributed by atoms with Gasteiger partial charge in [0.2, 0.25) is 0 Å². The van der Waals surface area contributed by atoms with Crippen LogP contribution in [0, 0.1) is 5.92 Å². The minimum absolute atomic E-state index is 0.155. The lowest BCUT2D eigenvalue weighted by Crippen LogP contribution is -2.42. The Labute approximate surface area is 171 Å². The summed E-state index contributed by atoms with van der Waals surface area (Å²) in [5.41, 5.74) is 2.45. The second-order valence-electron chi connectivity index (χ2n) is 8.95. The van der Waals surface area contributed by atoms with Crippen LogP contribution in [0.5, 0.6) is 5.75 Å². The number of ether oxygens (including phenoxy) is 1. The summed E-state index contributed by atoms with van der Waals surface area (Å²) in [5, 5.41) is 3.22. The van der Waals surface area contributed by atoms with Crippen LogP contribution < -0.4 is 15.6 Å². The summed E-state index contributed by atoms with van der Waals surface area (Å²) in [7, 11) is -1.65. The molecule has 1 aliphatic heterocycles. The number of hydrogen-bond donors (Lipinski definition) is 1. The molecule has 0 amide bonds. The van der Waals surface area contributed by atoms with Crippen molar-refractivity contribution in [1.82, 2.24) is 4.57 Å². The van der Waals surface area contributed by atoms with Crippen molar-refractivity contribution in [1.29, 1.82) is 0 Å². The van der Waals surface area contributed by atoms with E-state index in [-0.39, 0.29) is 10.5 Å². The van der Waals surface area contributed by atoms with E-state index in [9.17, 15) is 13.2 Å². The van der Waals surface area contributed by atoms with E-state index >= 15 is 0 Å². The molecular formula is C22H28N2O4S. The number of aryl methyl sites for hydroxylation is 2. The van der Waals surface area contributed by atoms with Crippen LogP contribution in [0.15, 0.2) is 34.1 Å². The van der Waals surface area contributed by atoms with Gasteiger partial charge in [-0.25, -0.2) is 8.42 Å². The van der Waals surface area contributed by atoms with E-state index < -0.39 is 15.4 Å². The number of pyridine rings is 1. The average Bonchev–Trinajstić information content (AvgIpc) is 3.46. The molecule has 1 aromatic carbocycles. The van der Waals surface area contributed by atoms with Crippen LogP contribution >= 0.6 is 0 Å². The highest BCUT2D eigenvalue weighted by atomic mass is 32.2. The number of fused-ring (bicyclic) bond motifs is 1. The van der Waals surface area contributed by atoms with Gasteiger partial charge in [0.25, 0.3) is 5.56 Å². The van der Waals surface area contributed by atoms with Gasteiger partial charge in [-0.15, -0.1) is 0 Å². The molecule has 2 heterocycles. The van der Waals surface area contributed by atoms with Gasteiger partial charge in [-0.05, 0) is 55.9 Å². The highest BCUT2D eigenvalue weighted by Gasteiger charge is 2.32. The number of sulfone groups is 1. The first-order chi connectivity index (χ1) is 13.5. The van der Waals surface area contributed by atoms with E-state index in [0.29, 0.717) is 18.0 Å². The Kier molecular flexibility index (Phi) is 4.76. The maximum Gasteiger partial charge on any atom is 0.277 e. The molecule has 2 aromatic rings. The van der Waals surface area contributed by atoms with E-state index in [1.807, 2.05) is 19.9 Å². The summed E-state index contributed by atoms with van der Waals surface area (Å²) in [6.07, 6.45) is 7.47. The van der Waals surface area contributed by atoms with Crippen LogP contribution in [-0.2, 0) is 23.3 Å². The van der Waals surface area contributed by atoms with Gasteiger partial charge in [-0.1, -0.05) is 18.9 Å². The molecule has 1 N–H and O–H groups in total. The molecule has 0 saturated heterocycles. The fourth-order valence-electron chi connectivity index (χ4n) is 3.81. The number of nitrogens with zero attached hydrogens (tertiary/aromatic N) is 1. The van der Waals surface area contributed by atoms with Crippen molar-refractivity contribution in [3.8, 4) is 16.9 Å². The number of anilines is 1. The van der Waals surface area contributed by atoms with Gasteiger partial charge in [-0.2, -0.15) is 0 Å². The number of hydrogen-bond acceptors (Lipinski definition) is 5. The standard InChI is InChI=1S/C22H28N2O4S/c1-22(2)13-23-19-20(28-22)18(12-24(3)21(19)25)17-11-16(29(4,26)27)10-9-15(17)8-7-14-5-6-14/h9-12,14,23H,5-8,13H2,1-4H3. The summed E-state index contributed by atoms with van der Waals surface area (Å²) < 4.78 is 32.2. The Morgan fingerprint density at radius 3 is 2.62 bits per heavy atom. The summed E-state index contributed by atoms with van der Waals surface area (Å²) in [6, 6.07) is 5.31. The fraction of sp³-hybridized carbons (Fsp3) is 0.500. The van der Waals surface area contributed by atoms with Crippen LogP contribution in [0.2, 0.25) is 0 Å². The molecule has 7 heteroatoms. The Hall–Kier alpha value is -2.28. The molecule has 0 unspecified atom stereocenters. The van der Waals surface area contributed by atoms with Gasteiger partial charge in [0, 0.05) is 25.1 Å². The van der Waals surface area contributed by atoms with E-state index in [1.165, 1.54) is 23.7 Å². The Morgan fingerprint density at radius 2 is 1.97 bits per heavy atom. The van der Waals surface area contributed by atoms with E-state index in [2.05, 4.69) is 5.32 Å². The monoisotopic (exact) mass is 416 g/mol. The smallest absolute Gasteiger partial charge is 0.277 e. The predicted molar refractivity (Wildman–Crippen MR) is 114 cm³/mol. The lowest BCUT2D eigenvalue weighted by molar-refractivity contribution is 0.116. The quantitative estimate of drug-likeness (QED) is 0.809. The summed E-state index contributed by atoms with van der Waals surface area (Å²) in [5.74, 6) is 1.27. The summed E-state index contributed by atoms with van der Waals surface area (Å²) >= 11 is 0. The van der Waals surface area contributed by atoms with Gasteiger partial charge < -0.3 is 14.6 Å². The summed E-state index contributed by atoms with van der Waals surface area (Å²) in [4.78, 5) is 12.9. The van der Waals surface area contributed by atoms with Gasteiger partial charge in [0.05, 0.1) is 11.4 Å². The molecule has 29 heavy (non-hydrogen) atoms. The van der Waals surface area contributed by atoms with Crippen molar-refractivity contribution < 1.29 is 13.2 Å². The van der Waals surface area contributed by atoms with Gasteiger partial charge in [0.15, 0.2) is 15.6 Å². The zero-order valence-electron chi connectivity index (χ0n) is 17.4. The van der Waals surface area contributed by atoms with Crippen molar-refractivity contribution in [3.63, 3.8) is 0 Å². The van der Waals surface area contributed by atoms with E-state index in [1.54, 1.807) is 25.4 Å². The molecule has 6 nitrogen and oxygen atoms in total. The first-order valence-electron chi connectivity index (χ1n) is 10.0. The highest BCUT2D eigenvalue weighted by molar-refractivity contribution is 7.90. The maximum absolute atomic E-state index is 12.7. The minimum atomic E-state index is -3.36. The lowest BCUT2D eigenvalue weighted by atomic mass is 9.95. The molecule has 0 radical (unpaired) electrons. The first kappa shape index (κ1) is 20.0. The van der Waals surface area contributed by atoms with Crippen LogP contribution in [0.4, 0.5) is 5.69 Å². The molecule has 1 saturated carbocycles. The zero-order chi connectivity index (χ0) is 21.0. The van der Waals surface area contributed by atoms with Crippen LogP contribution in [-0.4, -0.2) is 31.4 Å². The van der Waals surface area contributed by atoms with Crippen LogP contribution in [0.25, 0.3) is 11.1 Å². The third kappa shape index (κ3) is 4.06. The third-order valence-corrected chi connectivity index (χ3v) is 6.83. The molecule has 0 atom stereocenters. The average molecular weight is 417 g/mol. The number of rotatable bonds is 5. The topological polar surface area (TPSA) is 77.4 Å². The summed E-state index contributed by atoms with van der Waals surface area (Å²) in [6.45, 7) is 4.45. The van der Waals surface area contributed by atoms with Crippen molar-refractivity contribution >= 4 is 15.5 Å². The number of nitrogens with one attached hydrogen (secondary N) is 1. The largest absolute Gasteiger partial charge is 0.483 e. The Bertz CT molecular complexity index is 1130. The SMILES string of the molecule is Cn1cc(-c2cc(S(C)(=O)=O)ccc2CCC2CC2)c2c(c1=O)NCC(C)(C)O2. The number of aromatic nitrogens is 1. The normalized spacial score (nSPS) is 17.9. The predicted octanol–water partition coefficient (Wildman–Crippen LogP) is 3.38. The molecule has 156 valence electrons. The Balaban J connectivity index is 1.92. The molecule has 2 aliphatic rings. The zero-order valence-corrected chi connectivity index (χ0v) is 18.2. The first-order valence-corrected chi connectivity index (χ1v) is 11.9. The third-order valence-electron chi connectivity index (χ3n) is 5.72.